The molecule has 0 fully saturated rings. The van der Waals surface area contributed by atoms with Gasteiger partial charge in [-0.3, -0.25) is 9.78 Å². The van der Waals surface area contributed by atoms with Crippen LogP contribution < -0.4 is 5.32 Å². The normalized spacial score (nSPS) is 11.8. The number of aryl methyl sites for hydroxylation is 1. The SMILES string of the molecule is C/C=C(/C=C\CNC(=O)c1ccc(C)nc1)CC. The summed E-state index contributed by atoms with van der Waals surface area (Å²) in [7, 11) is 0. The molecule has 0 aromatic carbocycles. The lowest BCUT2D eigenvalue weighted by Gasteiger charge is -2.02. The molecule has 18 heavy (non-hydrogen) atoms. The molecule has 1 aromatic heterocycles. The summed E-state index contributed by atoms with van der Waals surface area (Å²) in [5, 5.41) is 2.83. The van der Waals surface area contributed by atoms with Crippen molar-refractivity contribution >= 4 is 5.91 Å². The van der Waals surface area contributed by atoms with Crippen LogP contribution in [0.5, 0.6) is 0 Å². The van der Waals surface area contributed by atoms with Gasteiger partial charge in [0.2, 0.25) is 0 Å². The summed E-state index contributed by atoms with van der Waals surface area (Å²) in [4.78, 5) is 15.8. The number of allylic oxidation sites excluding steroid dienone is 3. The fourth-order valence-corrected chi connectivity index (χ4v) is 1.48. The van der Waals surface area contributed by atoms with Crippen LogP contribution in [0.15, 0.2) is 42.1 Å². The van der Waals surface area contributed by atoms with Crippen molar-refractivity contribution in [1.29, 1.82) is 0 Å². The van der Waals surface area contributed by atoms with Crippen LogP contribution in [0.4, 0.5) is 0 Å². The van der Waals surface area contributed by atoms with E-state index in [4.69, 9.17) is 0 Å². The summed E-state index contributed by atoms with van der Waals surface area (Å²) in [5.41, 5.74) is 2.77. The van der Waals surface area contributed by atoms with Crippen LogP contribution in [0.3, 0.4) is 0 Å². The summed E-state index contributed by atoms with van der Waals surface area (Å²) < 4.78 is 0. The van der Waals surface area contributed by atoms with Gasteiger partial charge in [0.25, 0.3) is 5.91 Å². The topological polar surface area (TPSA) is 42.0 Å². The van der Waals surface area contributed by atoms with Gasteiger partial charge in [0, 0.05) is 18.4 Å². The van der Waals surface area contributed by atoms with Crippen LogP contribution in [0.2, 0.25) is 0 Å². The van der Waals surface area contributed by atoms with Crippen molar-refractivity contribution < 1.29 is 4.79 Å². The molecule has 0 unspecified atom stereocenters. The Morgan fingerprint density at radius 1 is 1.44 bits per heavy atom. The number of nitrogens with one attached hydrogen (secondary N) is 1. The molecule has 0 bridgehead atoms. The van der Waals surface area contributed by atoms with E-state index in [2.05, 4.69) is 23.3 Å². The van der Waals surface area contributed by atoms with Gasteiger partial charge >= 0.3 is 0 Å². The number of hydrogen-bond donors (Lipinski definition) is 1. The van der Waals surface area contributed by atoms with Gasteiger partial charge in [-0.25, -0.2) is 0 Å². The van der Waals surface area contributed by atoms with Gasteiger partial charge in [0.15, 0.2) is 0 Å². The number of aromatic nitrogens is 1. The van der Waals surface area contributed by atoms with Crippen molar-refractivity contribution in [2.24, 2.45) is 0 Å². The molecule has 1 amide bonds. The first-order chi connectivity index (χ1) is 8.67. The molecule has 1 rings (SSSR count). The highest BCUT2D eigenvalue weighted by molar-refractivity contribution is 5.93. The van der Waals surface area contributed by atoms with Crippen molar-refractivity contribution in [3.63, 3.8) is 0 Å². The second-order valence-electron chi connectivity index (χ2n) is 4.02. The summed E-state index contributed by atoms with van der Waals surface area (Å²) in [6, 6.07) is 3.62. The minimum atomic E-state index is -0.0920. The second kappa shape index (κ2) is 7.43. The lowest BCUT2D eigenvalue weighted by molar-refractivity contribution is 0.0957. The van der Waals surface area contributed by atoms with E-state index in [1.807, 2.05) is 32.1 Å². The summed E-state index contributed by atoms with van der Waals surface area (Å²) >= 11 is 0. The maximum atomic E-state index is 11.7. The van der Waals surface area contributed by atoms with E-state index in [0.29, 0.717) is 12.1 Å². The summed E-state index contributed by atoms with van der Waals surface area (Å²) in [6.45, 7) is 6.55. The molecule has 0 aliphatic rings. The fourth-order valence-electron chi connectivity index (χ4n) is 1.48. The molecule has 0 aliphatic carbocycles. The average Bonchev–Trinajstić information content (AvgIpc) is 2.39. The van der Waals surface area contributed by atoms with Crippen molar-refractivity contribution in [3.05, 3.63) is 53.4 Å². The Labute approximate surface area is 109 Å². The maximum absolute atomic E-state index is 11.7. The van der Waals surface area contributed by atoms with Gasteiger partial charge in [-0.05, 0) is 32.4 Å². The Kier molecular flexibility index (Phi) is 5.85. The van der Waals surface area contributed by atoms with Crippen LogP contribution >= 0.6 is 0 Å². The molecule has 1 aromatic rings. The molecule has 1 N–H and O–H groups in total. The van der Waals surface area contributed by atoms with Crippen molar-refractivity contribution in [2.75, 3.05) is 6.54 Å². The third-order valence-electron chi connectivity index (χ3n) is 2.66. The highest BCUT2D eigenvalue weighted by atomic mass is 16.1. The quantitative estimate of drug-likeness (QED) is 0.809. The van der Waals surface area contributed by atoms with Crippen molar-refractivity contribution in [3.8, 4) is 0 Å². The second-order valence-corrected chi connectivity index (χ2v) is 4.02. The van der Waals surface area contributed by atoms with Gasteiger partial charge in [-0.2, -0.15) is 0 Å². The monoisotopic (exact) mass is 244 g/mol. The standard InChI is InChI=1S/C15H20N2O/c1-4-13(5-2)7-6-10-16-15(18)14-9-8-12(3)17-11-14/h4,6-9,11H,5,10H2,1-3H3,(H,16,18)/b7-6-,13-4+. The van der Waals surface area contributed by atoms with Crippen LogP contribution in [-0.2, 0) is 0 Å². The molecule has 0 radical (unpaired) electrons. The number of rotatable bonds is 5. The van der Waals surface area contributed by atoms with Gasteiger partial charge in [-0.1, -0.05) is 30.7 Å². The minimum absolute atomic E-state index is 0.0920. The Hall–Kier alpha value is -1.90. The molecular weight excluding hydrogens is 224 g/mol. The van der Waals surface area contributed by atoms with E-state index < -0.39 is 0 Å². The average molecular weight is 244 g/mol. The molecule has 96 valence electrons. The van der Waals surface area contributed by atoms with Crippen LogP contribution in [0, 0.1) is 6.92 Å². The number of nitrogens with zero attached hydrogens (tertiary/aromatic N) is 1. The Bertz CT molecular complexity index is 444. The summed E-state index contributed by atoms with van der Waals surface area (Å²) in [6.07, 6.45) is 8.66. The van der Waals surface area contributed by atoms with Crippen molar-refractivity contribution in [1.82, 2.24) is 10.3 Å². The van der Waals surface area contributed by atoms with Gasteiger partial charge < -0.3 is 5.32 Å². The van der Waals surface area contributed by atoms with Gasteiger partial charge in [0.1, 0.15) is 0 Å². The smallest absolute Gasteiger partial charge is 0.253 e. The van der Waals surface area contributed by atoms with Crippen LogP contribution in [0.25, 0.3) is 0 Å². The predicted molar refractivity (Wildman–Crippen MR) is 74.5 cm³/mol. The zero-order chi connectivity index (χ0) is 13.4. The first-order valence-electron chi connectivity index (χ1n) is 6.20. The fraction of sp³-hybridized carbons (Fsp3) is 0.333. The largest absolute Gasteiger partial charge is 0.349 e. The lowest BCUT2D eigenvalue weighted by Crippen LogP contribution is -2.23. The molecule has 3 heteroatoms. The molecular formula is C15H20N2O. The van der Waals surface area contributed by atoms with Crippen LogP contribution in [0.1, 0.15) is 36.3 Å². The molecule has 0 aliphatic heterocycles. The van der Waals surface area contributed by atoms with E-state index in [1.54, 1.807) is 12.3 Å². The highest BCUT2D eigenvalue weighted by Gasteiger charge is 2.03. The first kappa shape index (κ1) is 14.2. The number of carbonyl (C=O) groups excluding carboxylic acids is 1. The minimum Gasteiger partial charge on any atom is -0.349 e. The van der Waals surface area contributed by atoms with E-state index >= 15 is 0 Å². The molecule has 0 saturated heterocycles. The third-order valence-corrected chi connectivity index (χ3v) is 2.66. The number of carbonyl (C=O) groups is 1. The number of pyridine rings is 1. The zero-order valence-electron chi connectivity index (χ0n) is 11.2. The molecule has 1 heterocycles. The number of amides is 1. The predicted octanol–water partition coefficient (Wildman–Crippen LogP) is 3.03. The summed E-state index contributed by atoms with van der Waals surface area (Å²) in [5.74, 6) is -0.0920. The molecule has 0 saturated carbocycles. The number of hydrogen-bond acceptors (Lipinski definition) is 2. The Morgan fingerprint density at radius 2 is 2.22 bits per heavy atom. The zero-order valence-corrected chi connectivity index (χ0v) is 11.2. The molecule has 3 nitrogen and oxygen atoms in total. The van der Waals surface area contributed by atoms with Gasteiger partial charge in [-0.15, -0.1) is 0 Å². The molecule has 0 atom stereocenters. The Balaban J connectivity index is 2.45. The highest BCUT2D eigenvalue weighted by Crippen LogP contribution is 2.01. The Morgan fingerprint density at radius 3 is 2.78 bits per heavy atom. The molecule has 0 spiro atoms. The maximum Gasteiger partial charge on any atom is 0.253 e. The van der Waals surface area contributed by atoms with E-state index in [9.17, 15) is 4.79 Å². The van der Waals surface area contributed by atoms with E-state index in [0.717, 1.165) is 12.1 Å². The van der Waals surface area contributed by atoms with Crippen molar-refractivity contribution in [2.45, 2.75) is 27.2 Å². The van der Waals surface area contributed by atoms with Crippen LogP contribution in [-0.4, -0.2) is 17.4 Å². The third kappa shape index (κ3) is 4.53. The first-order valence-corrected chi connectivity index (χ1v) is 6.20. The lowest BCUT2D eigenvalue weighted by atomic mass is 10.2. The van der Waals surface area contributed by atoms with E-state index in [-0.39, 0.29) is 5.91 Å². The van der Waals surface area contributed by atoms with E-state index in [1.165, 1.54) is 5.57 Å². The van der Waals surface area contributed by atoms with Gasteiger partial charge in [0.05, 0.1) is 5.56 Å².